The second-order valence-corrected chi connectivity index (χ2v) is 5.48. The summed E-state index contributed by atoms with van der Waals surface area (Å²) in [5, 5.41) is 2.99. The highest BCUT2D eigenvalue weighted by Gasteiger charge is 2.27. The Morgan fingerprint density at radius 1 is 1.32 bits per heavy atom. The number of piperidine rings is 1. The summed E-state index contributed by atoms with van der Waals surface area (Å²) in [5.41, 5.74) is 0. The molecule has 1 saturated carbocycles. The van der Waals surface area contributed by atoms with Gasteiger partial charge in [0.15, 0.2) is 0 Å². The average molecular weight is 268 g/mol. The highest BCUT2D eigenvalue weighted by Crippen LogP contribution is 2.20. The first-order valence-electron chi connectivity index (χ1n) is 7.37. The van der Waals surface area contributed by atoms with Crippen LogP contribution < -0.4 is 5.32 Å². The van der Waals surface area contributed by atoms with Crippen LogP contribution in [0.15, 0.2) is 0 Å². The highest BCUT2D eigenvalue weighted by molar-refractivity contribution is 5.76. The van der Waals surface area contributed by atoms with Gasteiger partial charge in [-0.05, 0) is 39.2 Å². The molecule has 1 saturated heterocycles. The van der Waals surface area contributed by atoms with Crippen molar-refractivity contribution in [1.29, 1.82) is 0 Å². The van der Waals surface area contributed by atoms with E-state index >= 15 is 0 Å². The van der Waals surface area contributed by atoms with Crippen molar-refractivity contribution in [2.75, 3.05) is 26.2 Å². The summed E-state index contributed by atoms with van der Waals surface area (Å²) in [5.74, 6) is 0.0376. The van der Waals surface area contributed by atoms with Crippen molar-refractivity contribution in [3.05, 3.63) is 0 Å². The van der Waals surface area contributed by atoms with Crippen LogP contribution >= 0.6 is 0 Å². The molecule has 1 amide bonds. The van der Waals surface area contributed by atoms with Crippen LogP contribution in [-0.2, 0) is 14.3 Å². The molecular weight excluding hydrogens is 244 g/mol. The van der Waals surface area contributed by atoms with Crippen molar-refractivity contribution in [1.82, 2.24) is 10.2 Å². The van der Waals surface area contributed by atoms with Gasteiger partial charge in [0.1, 0.15) is 0 Å². The van der Waals surface area contributed by atoms with Crippen molar-refractivity contribution in [3.8, 4) is 0 Å². The summed E-state index contributed by atoms with van der Waals surface area (Å²) in [4.78, 5) is 25.5. The van der Waals surface area contributed by atoms with Crippen molar-refractivity contribution >= 4 is 11.9 Å². The zero-order valence-electron chi connectivity index (χ0n) is 11.7. The van der Waals surface area contributed by atoms with Gasteiger partial charge in [-0.15, -0.1) is 0 Å². The number of nitrogens with one attached hydrogen (secondary N) is 1. The Morgan fingerprint density at radius 3 is 2.79 bits per heavy atom. The highest BCUT2D eigenvalue weighted by atomic mass is 16.5. The third kappa shape index (κ3) is 4.82. The molecule has 1 heterocycles. The molecule has 1 aliphatic carbocycles. The van der Waals surface area contributed by atoms with E-state index in [1.54, 1.807) is 0 Å². The Labute approximate surface area is 114 Å². The first-order valence-corrected chi connectivity index (χ1v) is 7.37. The van der Waals surface area contributed by atoms with Crippen LogP contribution in [0.2, 0.25) is 0 Å². The van der Waals surface area contributed by atoms with Gasteiger partial charge in [0, 0.05) is 25.6 Å². The lowest BCUT2D eigenvalue weighted by Gasteiger charge is -2.31. The number of ether oxygens (including phenoxy) is 1. The van der Waals surface area contributed by atoms with E-state index in [1.807, 2.05) is 6.92 Å². The van der Waals surface area contributed by atoms with Gasteiger partial charge in [0.25, 0.3) is 0 Å². The standard InChI is InChI=1S/C14H24N2O3/c1-2-19-14(18)11-4-3-8-16(10-11)9-7-13(17)15-12-5-6-12/h11-12H,2-10H2,1H3,(H,15,17)/t11-/m0/s1. The Hall–Kier alpha value is -1.10. The number of likely N-dealkylation sites (tertiary alicyclic amines) is 1. The lowest BCUT2D eigenvalue weighted by Crippen LogP contribution is -2.41. The summed E-state index contributed by atoms with van der Waals surface area (Å²) < 4.78 is 5.07. The molecule has 0 bridgehead atoms. The molecule has 108 valence electrons. The van der Waals surface area contributed by atoms with Crippen LogP contribution in [0.5, 0.6) is 0 Å². The summed E-state index contributed by atoms with van der Waals surface area (Å²) in [7, 11) is 0. The molecule has 2 rings (SSSR count). The zero-order valence-corrected chi connectivity index (χ0v) is 11.7. The van der Waals surface area contributed by atoms with E-state index in [1.165, 1.54) is 0 Å². The number of hydrogen-bond donors (Lipinski definition) is 1. The van der Waals surface area contributed by atoms with E-state index in [0.29, 0.717) is 19.1 Å². The molecule has 0 aromatic carbocycles. The Kier molecular flexibility index (Phi) is 5.19. The monoisotopic (exact) mass is 268 g/mol. The van der Waals surface area contributed by atoms with Gasteiger partial charge in [-0.1, -0.05) is 0 Å². The average Bonchev–Trinajstić information content (AvgIpc) is 3.21. The van der Waals surface area contributed by atoms with E-state index in [0.717, 1.165) is 45.3 Å². The smallest absolute Gasteiger partial charge is 0.310 e. The summed E-state index contributed by atoms with van der Waals surface area (Å²) >= 11 is 0. The molecule has 2 aliphatic rings. The first kappa shape index (κ1) is 14.3. The summed E-state index contributed by atoms with van der Waals surface area (Å²) in [6.45, 7) is 4.73. The molecule has 5 nitrogen and oxygen atoms in total. The van der Waals surface area contributed by atoms with Crippen molar-refractivity contribution in [2.45, 2.75) is 45.1 Å². The molecule has 0 aromatic heterocycles. The van der Waals surface area contributed by atoms with Gasteiger partial charge in [-0.25, -0.2) is 0 Å². The van der Waals surface area contributed by atoms with Crippen LogP contribution in [0, 0.1) is 5.92 Å². The maximum absolute atomic E-state index is 11.7. The number of amides is 1. The van der Waals surface area contributed by atoms with Crippen LogP contribution in [0.25, 0.3) is 0 Å². The molecule has 0 radical (unpaired) electrons. The first-order chi connectivity index (χ1) is 9.19. The third-order valence-corrected chi connectivity index (χ3v) is 3.72. The van der Waals surface area contributed by atoms with Crippen LogP contribution in [-0.4, -0.2) is 49.1 Å². The van der Waals surface area contributed by atoms with Crippen molar-refractivity contribution in [2.24, 2.45) is 5.92 Å². The summed E-state index contributed by atoms with van der Waals surface area (Å²) in [6, 6.07) is 0.432. The normalized spacial score (nSPS) is 23.9. The third-order valence-electron chi connectivity index (χ3n) is 3.72. The topological polar surface area (TPSA) is 58.6 Å². The minimum Gasteiger partial charge on any atom is -0.466 e. The van der Waals surface area contributed by atoms with Crippen LogP contribution in [0.3, 0.4) is 0 Å². The Bertz CT molecular complexity index is 329. The number of hydrogen-bond acceptors (Lipinski definition) is 4. The van der Waals surface area contributed by atoms with Gasteiger partial charge in [-0.3, -0.25) is 9.59 Å². The van der Waals surface area contributed by atoms with E-state index in [9.17, 15) is 9.59 Å². The molecule has 1 aliphatic heterocycles. The maximum Gasteiger partial charge on any atom is 0.310 e. The Balaban J connectivity index is 1.68. The predicted molar refractivity (Wildman–Crippen MR) is 71.6 cm³/mol. The molecule has 1 atom stereocenters. The van der Waals surface area contributed by atoms with Gasteiger partial charge < -0.3 is 15.0 Å². The zero-order chi connectivity index (χ0) is 13.7. The lowest BCUT2D eigenvalue weighted by molar-refractivity contribution is -0.149. The van der Waals surface area contributed by atoms with Crippen LogP contribution in [0.1, 0.15) is 39.0 Å². The quantitative estimate of drug-likeness (QED) is 0.728. The number of carbonyl (C=O) groups excluding carboxylic acids is 2. The Morgan fingerprint density at radius 2 is 2.11 bits per heavy atom. The SMILES string of the molecule is CCOC(=O)[C@H]1CCCN(CCC(=O)NC2CC2)C1. The maximum atomic E-state index is 11.7. The van der Waals surface area contributed by atoms with E-state index in [4.69, 9.17) is 4.74 Å². The minimum atomic E-state index is -0.0883. The van der Waals surface area contributed by atoms with Gasteiger partial charge in [0.05, 0.1) is 12.5 Å². The van der Waals surface area contributed by atoms with E-state index < -0.39 is 0 Å². The van der Waals surface area contributed by atoms with Gasteiger partial charge >= 0.3 is 5.97 Å². The van der Waals surface area contributed by atoms with E-state index in [2.05, 4.69) is 10.2 Å². The molecule has 0 spiro atoms. The molecular formula is C14H24N2O3. The molecule has 0 unspecified atom stereocenters. The fourth-order valence-electron chi connectivity index (χ4n) is 2.50. The largest absolute Gasteiger partial charge is 0.466 e. The second-order valence-electron chi connectivity index (χ2n) is 5.48. The van der Waals surface area contributed by atoms with E-state index in [-0.39, 0.29) is 17.8 Å². The fourth-order valence-corrected chi connectivity index (χ4v) is 2.50. The number of rotatable bonds is 6. The predicted octanol–water partition coefficient (Wildman–Crippen LogP) is 0.930. The summed E-state index contributed by atoms with van der Waals surface area (Å²) in [6.07, 6.45) is 4.70. The molecule has 1 N–H and O–H groups in total. The number of carbonyl (C=O) groups is 2. The van der Waals surface area contributed by atoms with Gasteiger partial charge in [-0.2, -0.15) is 0 Å². The number of nitrogens with zero attached hydrogens (tertiary/aromatic N) is 1. The molecule has 0 aromatic rings. The second kappa shape index (κ2) is 6.89. The fraction of sp³-hybridized carbons (Fsp3) is 0.857. The molecule has 19 heavy (non-hydrogen) atoms. The van der Waals surface area contributed by atoms with Crippen molar-refractivity contribution in [3.63, 3.8) is 0 Å². The molecule has 5 heteroatoms. The lowest BCUT2D eigenvalue weighted by atomic mass is 9.98. The minimum absolute atomic E-state index is 0.0137. The van der Waals surface area contributed by atoms with Gasteiger partial charge in [0.2, 0.25) is 5.91 Å². The van der Waals surface area contributed by atoms with Crippen molar-refractivity contribution < 1.29 is 14.3 Å². The number of esters is 1. The van der Waals surface area contributed by atoms with Crippen LogP contribution in [0.4, 0.5) is 0 Å². The molecule has 2 fully saturated rings.